The maximum Gasteiger partial charge on any atom is 0.472 e. The van der Waals surface area contributed by atoms with Gasteiger partial charge in [-0.25, -0.2) is 4.57 Å². The maximum atomic E-state index is 12.1. The Morgan fingerprint density at radius 3 is 1.61 bits per heavy atom. The summed E-state index contributed by atoms with van der Waals surface area (Å²) in [6, 6.07) is 0. The molecule has 51 heavy (non-hydrogen) atoms. The Morgan fingerprint density at radius 2 is 1.06 bits per heavy atom. The number of esters is 1. The van der Waals surface area contributed by atoms with Gasteiger partial charge in [-0.2, -0.15) is 0 Å². The highest BCUT2D eigenvalue weighted by atomic mass is 31.2. The van der Waals surface area contributed by atoms with Crippen molar-refractivity contribution in [1.82, 2.24) is 5.32 Å². The van der Waals surface area contributed by atoms with Crippen molar-refractivity contribution in [2.45, 2.75) is 200 Å². The molecule has 0 radical (unpaired) electrons. The number of allylic oxidation sites excluding steroid dienone is 4. The van der Waals surface area contributed by atoms with E-state index in [9.17, 15) is 24.2 Å². The van der Waals surface area contributed by atoms with Crippen LogP contribution in [-0.4, -0.2) is 54.3 Å². The fourth-order valence-corrected chi connectivity index (χ4v) is 6.46. The lowest BCUT2D eigenvalue weighted by Crippen LogP contribution is -2.27. The molecular weight excluding hydrogens is 665 g/mol. The molecule has 0 heterocycles. The van der Waals surface area contributed by atoms with Gasteiger partial charge in [0.1, 0.15) is 12.7 Å². The molecule has 0 spiro atoms. The number of unbranched alkanes of at least 4 members (excludes halogenated alkanes) is 22. The number of ether oxygens (including phenoxy) is 1. The summed E-state index contributed by atoms with van der Waals surface area (Å²) in [4.78, 5) is 33.8. The molecule has 0 aliphatic rings. The summed E-state index contributed by atoms with van der Waals surface area (Å²) in [7, 11) is -4.41. The number of nitrogens with one attached hydrogen (secondary N) is 1. The van der Waals surface area contributed by atoms with Crippen LogP contribution >= 0.6 is 7.82 Å². The first kappa shape index (κ1) is 49.5. The third-order valence-corrected chi connectivity index (χ3v) is 9.87. The van der Waals surface area contributed by atoms with Crippen molar-refractivity contribution in [3.8, 4) is 0 Å². The lowest BCUT2D eigenvalue weighted by Gasteiger charge is -2.15. The number of phosphoric ester groups is 1. The second-order valence-corrected chi connectivity index (χ2v) is 15.4. The second kappa shape index (κ2) is 38.2. The smallest absolute Gasteiger partial charge is 0.463 e. The van der Waals surface area contributed by atoms with Crippen LogP contribution in [0.4, 0.5) is 0 Å². The van der Waals surface area contributed by atoms with Crippen molar-refractivity contribution in [2.24, 2.45) is 0 Å². The molecule has 0 rings (SSSR count). The normalized spacial score (nSPS) is 13.6. The molecule has 1 amide bonds. The number of aliphatic hydroxyl groups is 1. The molecule has 0 aromatic carbocycles. The fraction of sp³-hybridized carbons (Fsp3) is 0.854. The van der Waals surface area contributed by atoms with E-state index < -0.39 is 26.5 Å². The number of amides is 1. The van der Waals surface area contributed by atoms with Crippen molar-refractivity contribution in [3.05, 3.63) is 24.3 Å². The Kier molecular flexibility index (Phi) is 37.1. The number of hydrogen-bond donors (Lipinski definition) is 3. The molecule has 0 bridgehead atoms. The molecule has 10 heteroatoms. The zero-order chi connectivity index (χ0) is 37.5. The molecule has 2 atom stereocenters. The number of phosphoric acid groups is 1. The molecule has 300 valence electrons. The van der Waals surface area contributed by atoms with Gasteiger partial charge in [0.2, 0.25) is 5.91 Å². The van der Waals surface area contributed by atoms with Crippen LogP contribution < -0.4 is 5.32 Å². The first-order valence-corrected chi connectivity index (χ1v) is 22.3. The van der Waals surface area contributed by atoms with Crippen LogP contribution in [0.2, 0.25) is 0 Å². The minimum absolute atomic E-state index is 0.0839. The molecule has 2 unspecified atom stereocenters. The molecule has 0 saturated carbocycles. The van der Waals surface area contributed by atoms with E-state index in [1.165, 1.54) is 109 Å². The summed E-state index contributed by atoms with van der Waals surface area (Å²) in [6.07, 6.45) is 39.6. The predicted octanol–water partition coefficient (Wildman–Crippen LogP) is 11.2. The lowest BCUT2D eigenvalue weighted by molar-refractivity contribution is -0.147. The van der Waals surface area contributed by atoms with Gasteiger partial charge in [0.25, 0.3) is 0 Å². The molecule has 0 fully saturated rings. The van der Waals surface area contributed by atoms with E-state index in [2.05, 4.69) is 43.5 Å². The van der Waals surface area contributed by atoms with Gasteiger partial charge in [0.05, 0.1) is 13.2 Å². The standard InChI is InChI=1S/C41H78NO8P/c1-3-5-7-9-11-13-15-17-18-19-20-22-24-26-28-30-32-34-41(45)48-37-39(43)38-50-51(46,47)49-36-35-42-40(44)33-31-29-27-25-23-21-16-14-12-10-8-6-4-2/h11,13,17-18,39,43H,3-10,12,14-16,19-38H2,1-2H3,(H,42,44)(H,46,47)/b13-11-,18-17-. The zero-order valence-corrected chi connectivity index (χ0v) is 33.7. The van der Waals surface area contributed by atoms with E-state index in [-0.39, 0.29) is 32.1 Å². The number of carbonyl (C=O) groups excluding carboxylic acids is 2. The number of aliphatic hydroxyl groups excluding tert-OH is 1. The van der Waals surface area contributed by atoms with Crippen LogP contribution in [0.1, 0.15) is 194 Å². The van der Waals surface area contributed by atoms with Crippen LogP contribution in [0.3, 0.4) is 0 Å². The molecule has 3 N–H and O–H groups in total. The topological polar surface area (TPSA) is 131 Å². The molecule has 0 aliphatic heterocycles. The summed E-state index contributed by atoms with van der Waals surface area (Å²) < 4.78 is 26.8. The van der Waals surface area contributed by atoms with Crippen LogP contribution in [0.15, 0.2) is 24.3 Å². The van der Waals surface area contributed by atoms with E-state index in [0.717, 1.165) is 57.8 Å². The van der Waals surface area contributed by atoms with Gasteiger partial charge in [0.15, 0.2) is 0 Å². The zero-order valence-electron chi connectivity index (χ0n) is 32.8. The number of hydrogen-bond acceptors (Lipinski definition) is 7. The lowest BCUT2D eigenvalue weighted by atomic mass is 10.0. The van der Waals surface area contributed by atoms with Crippen molar-refractivity contribution >= 4 is 19.7 Å². The molecule has 0 saturated heterocycles. The summed E-state index contributed by atoms with van der Waals surface area (Å²) in [5, 5.41) is 12.7. The van der Waals surface area contributed by atoms with Gasteiger partial charge in [-0.3, -0.25) is 18.6 Å². The molecule has 0 aliphatic carbocycles. The van der Waals surface area contributed by atoms with E-state index in [0.29, 0.717) is 6.42 Å². The van der Waals surface area contributed by atoms with Crippen molar-refractivity contribution in [3.63, 3.8) is 0 Å². The van der Waals surface area contributed by atoms with Gasteiger partial charge < -0.3 is 20.1 Å². The van der Waals surface area contributed by atoms with Crippen molar-refractivity contribution in [2.75, 3.05) is 26.4 Å². The maximum absolute atomic E-state index is 12.1. The SMILES string of the molecule is CCCCC/C=C\C/C=C\CCCCCCCCCC(=O)OCC(O)COP(=O)(O)OCCNC(=O)CCCCCCCCCCCCCCC. The number of rotatable bonds is 39. The highest BCUT2D eigenvalue weighted by molar-refractivity contribution is 7.47. The second-order valence-electron chi connectivity index (χ2n) is 14.0. The van der Waals surface area contributed by atoms with E-state index in [1.807, 2.05) is 0 Å². The van der Waals surface area contributed by atoms with E-state index >= 15 is 0 Å². The van der Waals surface area contributed by atoms with Crippen LogP contribution in [0.25, 0.3) is 0 Å². The van der Waals surface area contributed by atoms with E-state index in [1.54, 1.807) is 0 Å². The molecule has 0 aromatic heterocycles. The summed E-state index contributed by atoms with van der Waals surface area (Å²) >= 11 is 0. The first-order valence-electron chi connectivity index (χ1n) is 20.8. The average molecular weight is 744 g/mol. The Hall–Kier alpha value is -1.51. The van der Waals surface area contributed by atoms with Crippen LogP contribution in [-0.2, 0) is 27.9 Å². The van der Waals surface area contributed by atoms with Gasteiger partial charge in [-0.15, -0.1) is 0 Å². The third kappa shape index (κ3) is 39.5. The Bertz CT molecular complexity index is 897. The minimum atomic E-state index is -4.41. The molecule has 9 nitrogen and oxygen atoms in total. The highest BCUT2D eigenvalue weighted by Crippen LogP contribution is 2.42. The van der Waals surface area contributed by atoms with Crippen LogP contribution in [0.5, 0.6) is 0 Å². The predicted molar refractivity (Wildman–Crippen MR) is 211 cm³/mol. The fourth-order valence-electron chi connectivity index (χ4n) is 5.70. The Balaban J connectivity index is 3.61. The summed E-state index contributed by atoms with van der Waals surface area (Å²) in [6.45, 7) is 3.53. The number of carbonyl (C=O) groups is 2. The van der Waals surface area contributed by atoms with Crippen molar-refractivity contribution < 1.29 is 37.9 Å². The Labute approximate surface area is 312 Å². The minimum Gasteiger partial charge on any atom is -0.463 e. The van der Waals surface area contributed by atoms with Gasteiger partial charge in [0, 0.05) is 19.4 Å². The monoisotopic (exact) mass is 744 g/mol. The highest BCUT2D eigenvalue weighted by Gasteiger charge is 2.23. The third-order valence-electron chi connectivity index (χ3n) is 8.88. The summed E-state index contributed by atoms with van der Waals surface area (Å²) in [5.41, 5.74) is 0. The van der Waals surface area contributed by atoms with Crippen molar-refractivity contribution in [1.29, 1.82) is 0 Å². The molecular formula is C41H78NO8P. The average Bonchev–Trinajstić information content (AvgIpc) is 3.11. The van der Waals surface area contributed by atoms with Crippen LogP contribution in [0, 0.1) is 0 Å². The largest absolute Gasteiger partial charge is 0.472 e. The molecule has 0 aromatic rings. The van der Waals surface area contributed by atoms with E-state index in [4.69, 9.17) is 13.8 Å². The quantitative estimate of drug-likeness (QED) is 0.0245. The van der Waals surface area contributed by atoms with Gasteiger partial charge in [-0.05, 0) is 44.9 Å². The van der Waals surface area contributed by atoms with Gasteiger partial charge in [-0.1, -0.05) is 160 Å². The first-order chi connectivity index (χ1) is 24.8. The summed E-state index contributed by atoms with van der Waals surface area (Å²) in [5.74, 6) is -0.520. The van der Waals surface area contributed by atoms with Gasteiger partial charge >= 0.3 is 13.8 Å². The Morgan fingerprint density at radius 1 is 0.608 bits per heavy atom.